The standard InChI is InChI=1S/C17H30N4/c1-5-10-18-16-14(4)17(20-12-19-16)21(11-13(2)3)15-8-6-7-9-15/h12-13,15H,5-11H2,1-4H3,(H,18,19,20). The maximum Gasteiger partial charge on any atom is 0.137 e. The predicted molar refractivity (Wildman–Crippen MR) is 90.0 cm³/mol. The second-order valence-electron chi connectivity index (χ2n) is 6.58. The average Bonchev–Trinajstić information content (AvgIpc) is 2.98. The van der Waals surface area contributed by atoms with Crippen molar-refractivity contribution in [2.75, 3.05) is 23.3 Å². The van der Waals surface area contributed by atoms with Gasteiger partial charge in [-0.3, -0.25) is 0 Å². The average molecular weight is 290 g/mol. The van der Waals surface area contributed by atoms with E-state index in [2.05, 4.69) is 47.9 Å². The third-order valence-electron chi connectivity index (χ3n) is 4.20. The minimum Gasteiger partial charge on any atom is -0.370 e. The van der Waals surface area contributed by atoms with Crippen molar-refractivity contribution >= 4 is 11.6 Å². The summed E-state index contributed by atoms with van der Waals surface area (Å²) in [6.07, 6.45) is 8.12. The second-order valence-corrected chi connectivity index (χ2v) is 6.58. The van der Waals surface area contributed by atoms with E-state index < -0.39 is 0 Å². The summed E-state index contributed by atoms with van der Waals surface area (Å²) < 4.78 is 0. The van der Waals surface area contributed by atoms with Crippen LogP contribution in [0.15, 0.2) is 6.33 Å². The highest BCUT2D eigenvalue weighted by Gasteiger charge is 2.26. The Hall–Kier alpha value is -1.32. The van der Waals surface area contributed by atoms with Crippen molar-refractivity contribution in [1.29, 1.82) is 0 Å². The van der Waals surface area contributed by atoms with Crippen LogP contribution >= 0.6 is 0 Å². The SMILES string of the molecule is CCCNc1ncnc(N(CC(C)C)C2CCCC2)c1C. The molecule has 4 heteroatoms. The van der Waals surface area contributed by atoms with Gasteiger partial charge >= 0.3 is 0 Å². The molecule has 0 amide bonds. The van der Waals surface area contributed by atoms with E-state index in [4.69, 9.17) is 0 Å². The molecule has 1 aromatic heterocycles. The first kappa shape index (κ1) is 16.1. The van der Waals surface area contributed by atoms with Crippen molar-refractivity contribution in [2.24, 2.45) is 5.92 Å². The highest BCUT2D eigenvalue weighted by atomic mass is 15.2. The Morgan fingerprint density at radius 1 is 1.29 bits per heavy atom. The summed E-state index contributed by atoms with van der Waals surface area (Å²) in [4.78, 5) is 11.6. The Balaban J connectivity index is 2.25. The van der Waals surface area contributed by atoms with Gasteiger partial charge in [0.1, 0.15) is 18.0 Å². The van der Waals surface area contributed by atoms with Gasteiger partial charge < -0.3 is 10.2 Å². The quantitative estimate of drug-likeness (QED) is 0.823. The Kier molecular flexibility index (Phi) is 5.83. The molecule has 0 unspecified atom stereocenters. The van der Waals surface area contributed by atoms with E-state index in [0.29, 0.717) is 12.0 Å². The van der Waals surface area contributed by atoms with Gasteiger partial charge in [0.05, 0.1) is 0 Å². The predicted octanol–water partition coefficient (Wildman–Crippen LogP) is 4.01. The zero-order chi connectivity index (χ0) is 15.2. The van der Waals surface area contributed by atoms with Crippen molar-refractivity contribution in [3.8, 4) is 0 Å². The molecule has 4 nitrogen and oxygen atoms in total. The number of rotatable bonds is 7. The molecule has 1 aromatic rings. The number of hydrogen-bond donors (Lipinski definition) is 1. The molecule has 1 saturated carbocycles. The molecule has 118 valence electrons. The van der Waals surface area contributed by atoms with Crippen LogP contribution in [0.25, 0.3) is 0 Å². The lowest BCUT2D eigenvalue weighted by Gasteiger charge is -2.33. The number of nitrogens with zero attached hydrogens (tertiary/aromatic N) is 3. The highest BCUT2D eigenvalue weighted by Crippen LogP contribution is 2.31. The molecule has 0 saturated heterocycles. The van der Waals surface area contributed by atoms with Crippen LogP contribution in [0, 0.1) is 12.8 Å². The first-order valence-corrected chi connectivity index (χ1v) is 8.45. The van der Waals surface area contributed by atoms with Crippen LogP contribution in [0.5, 0.6) is 0 Å². The maximum absolute atomic E-state index is 4.62. The summed E-state index contributed by atoms with van der Waals surface area (Å²) in [6.45, 7) is 10.9. The van der Waals surface area contributed by atoms with Gasteiger partial charge in [-0.2, -0.15) is 0 Å². The monoisotopic (exact) mass is 290 g/mol. The largest absolute Gasteiger partial charge is 0.370 e. The van der Waals surface area contributed by atoms with Crippen molar-refractivity contribution < 1.29 is 0 Å². The molecule has 1 heterocycles. The Morgan fingerprint density at radius 2 is 2.00 bits per heavy atom. The van der Waals surface area contributed by atoms with E-state index in [-0.39, 0.29) is 0 Å². The van der Waals surface area contributed by atoms with E-state index in [1.807, 2.05) is 0 Å². The second kappa shape index (κ2) is 7.62. The minimum absolute atomic E-state index is 0.645. The molecule has 0 bridgehead atoms. The fraction of sp³-hybridized carbons (Fsp3) is 0.765. The van der Waals surface area contributed by atoms with Gasteiger partial charge in [0.15, 0.2) is 0 Å². The summed E-state index contributed by atoms with van der Waals surface area (Å²) in [6, 6.07) is 0.653. The van der Waals surface area contributed by atoms with E-state index in [0.717, 1.165) is 31.1 Å². The third kappa shape index (κ3) is 4.08. The first-order valence-electron chi connectivity index (χ1n) is 8.45. The summed E-state index contributed by atoms with van der Waals surface area (Å²) in [5.41, 5.74) is 1.19. The molecule has 0 radical (unpaired) electrons. The molecule has 0 aromatic carbocycles. The molecule has 0 aliphatic heterocycles. The zero-order valence-electron chi connectivity index (χ0n) is 14.0. The van der Waals surface area contributed by atoms with Gasteiger partial charge in [-0.05, 0) is 32.1 Å². The van der Waals surface area contributed by atoms with Crippen molar-refractivity contribution in [3.63, 3.8) is 0 Å². The van der Waals surface area contributed by atoms with Crippen LogP contribution in [0.3, 0.4) is 0 Å². The van der Waals surface area contributed by atoms with Crippen molar-refractivity contribution in [3.05, 3.63) is 11.9 Å². The smallest absolute Gasteiger partial charge is 0.137 e. The van der Waals surface area contributed by atoms with Gasteiger partial charge in [0.25, 0.3) is 0 Å². The number of anilines is 2. The number of aromatic nitrogens is 2. The van der Waals surface area contributed by atoms with Gasteiger partial charge in [-0.1, -0.05) is 33.6 Å². The molecular weight excluding hydrogens is 260 g/mol. The zero-order valence-corrected chi connectivity index (χ0v) is 14.0. The lowest BCUT2D eigenvalue weighted by molar-refractivity contribution is 0.530. The van der Waals surface area contributed by atoms with Gasteiger partial charge in [-0.25, -0.2) is 9.97 Å². The van der Waals surface area contributed by atoms with Crippen molar-refractivity contribution in [1.82, 2.24) is 9.97 Å². The van der Waals surface area contributed by atoms with Crippen LogP contribution in [0.2, 0.25) is 0 Å². The van der Waals surface area contributed by atoms with Gasteiger partial charge in [-0.15, -0.1) is 0 Å². The van der Waals surface area contributed by atoms with Gasteiger partial charge in [0, 0.05) is 24.7 Å². The van der Waals surface area contributed by atoms with E-state index in [1.165, 1.54) is 31.2 Å². The Morgan fingerprint density at radius 3 is 2.62 bits per heavy atom. The van der Waals surface area contributed by atoms with E-state index >= 15 is 0 Å². The summed E-state index contributed by atoms with van der Waals surface area (Å²) in [7, 11) is 0. The molecular formula is C17H30N4. The normalized spacial score (nSPS) is 15.7. The van der Waals surface area contributed by atoms with Crippen LogP contribution in [0.4, 0.5) is 11.6 Å². The molecule has 0 atom stereocenters. The Labute approximate surface area is 129 Å². The lowest BCUT2D eigenvalue weighted by atomic mass is 10.1. The van der Waals surface area contributed by atoms with Crippen LogP contribution in [-0.4, -0.2) is 29.1 Å². The number of nitrogens with one attached hydrogen (secondary N) is 1. The van der Waals surface area contributed by atoms with E-state index in [9.17, 15) is 0 Å². The highest BCUT2D eigenvalue weighted by molar-refractivity contribution is 5.58. The minimum atomic E-state index is 0.645. The van der Waals surface area contributed by atoms with Crippen LogP contribution in [0.1, 0.15) is 58.4 Å². The molecule has 1 aliphatic carbocycles. The first-order chi connectivity index (χ1) is 10.1. The molecule has 21 heavy (non-hydrogen) atoms. The topological polar surface area (TPSA) is 41.1 Å². The Bertz CT molecular complexity index is 438. The fourth-order valence-corrected chi connectivity index (χ4v) is 3.17. The molecule has 0 spiro atoms. The lowest BCUT2D eigenvalue weighted by Crippen LogP contribution is -2.37. The summed E-state index contributed by atoms with van der Waals surface area (Å²) >= 11 is 0. The third-order valence-corrected chi connectivity index (χ3v) is 4.20. The van der Waals surface area contributed by atoms with Gasteiger partial charge in [0.2, 0.25) is 0 Å². The van der Waals surface area contributed by atoms with Crippen LogP contribution in [-0.2, 0) is 0 Å². The summed E-state index contributed by atoms with van der Waals surface area (Å²) in [5.74, 6) is 2.77. The maximum atomic E-state index is 4.62. The molecule has 1 aliphatic rings. The molecule has 1 fully saturated rings. The molecule has 2 rings (SSSR count). The number of hydrogen-bond acceptors (Lipinski definition) is 4. The molecule has 1 N–H and O–H groups in total. The fourth-order valence-electron chi connectivity index (χ4n) is 3.17. The van der Waals surface area contributed by atoms with Crippen molar-refractivity contribution in [2.45, 2.75) is 65.8 Å². The van der Waals surface area contributed by atoms with Crippen LogP contribution < -0.4 is 10.2 Å². The van der Waals surface area contributed by atoms with E-state index in [1.54, 1.807) is 6.33 Å². The summed E-state index contributed by atoms with van der Waals surface area (Å²) in [5, 5.41) is 3.42.